The van der Waals surface area contributed by atoms with Gasteiger partial charge in [0.2, 0.25) is 0 Å². The molecule has 1 saturated heterocycles. The summed E-state index contributed by atoms with van der Waals surface area (Å²) in [5.41, 5.74) is 8.72. The van der Waals surface area contributed by atoms with Crippen molar-refractivity contribution in [1.82, 2.24) is 24.9 Å². The third-order valence-corrected chi connectivity index (χ3v) is 5.92. The van der Waals surface area contributed by atoms with E-state index < -0.39 is 5.41 Å². The number of hydrogen-bond donors (Lipinski definition) is 2. The van der Waals surface area contributed by atoms with E-state index in [0.29, 0.717) is 48.1 Å². The standard InChI is InChI=1S/C23H23N7O2/c1-23(5-2-19(14(9-23)10-24)32-15-3-6-31-7-4-15)21-16-8-17(30-22(16)28-13-27-21)18-11-26-12-20(25)29-18/h2,8-9,11-13,15H,3-7H2,1H3,(H2,25,29)(H,27,28,30). The minimum Gasteiger partial charge on any atom is -0.489 e. The van der Waals surface area contributed by atoms with Gasteiger partial charge in [0.25, 0.3) is 0 Å². The van der Waals surface area contributed by atoms with Crippen LogP contribution in [0.2, 0.25) is 0 Å². The molecule has 1 fully saturated rings. The zero-order valence-corrected chi connectivity index (χ0v) is 17.7. The van der Waals surface area contributed by atoms with E-state index in [2.05, 4.69) is 37.9 Å². The van der Waals surface area contributed by atoms with E-state index in [1.807, 2.05) is 18.2 Å². The van der Waals surface area contributed by atoms with Gasteiger partial charge < -0.3 is 20.2 Å². The molecule has 0 amide bonds. The van der Waals surface area contributed by atoms with Crippen molar-refractivity contribution in [1.29, 1.82) is 5.26 Å². The van der Waals surface area contributed by atoms with Gasteiger partial charge in [0.15, 0.2) is 0 Å². The van der Waals surface area contributed by atoms with Crippen LogP contribution in [-0.4, -0.2) is 44.2 Å². The predicted molar refractivity (Wildman–Crippen MR) is 118 cm³/mol. The highest BCUT2D eigenvalue weighted by atomic mass is 16.5. The first-order chi connectivity index (χ1) is 15.6. The van der Waals surface area contributed by atoms with Crippen LogP contribution < -0.4 is 5.73 Å². The summed E-state index contributed by atoms with van der Waals surface area (Å²) in [5, 5.41) is 10.7. The summed E-state index contributed by atoms with van der Waals surface area (Å²) < 4.78 is 11.6. The highest BCUT2D eigenvalue weighted by Crippen LogP contribution is 2.39. The van der Waals surface area contributed by atoms with Gasteiger partial charge >= 0.3 is 0 Å². The van der Waals surface area contributed by atoms with Gasteiger partial charge in [-0.3, -0.25) is 4.98 Å². The fourth-order valence-corrected chi connectivity index (χ4v) is 4.24. The Balaban J connectivity index is 1.49. The SMILES string of the molecule is CC1(c2ncnc3[nH]c(-c4cncc(N)n4)cc23)C=C(C#N)C(OC2CCOCC2)=CC1. The van der Waals surface area contributed by atoms with Gasteiger partial charge in [0.05, 0.1) is 42.6 Å². The number of fused-ring (bicyclic) bond motifs is 1. The van der Waals surface area contributed by atoms with Crippen molar-refractivity contribution in [3.63, 3.8) is 0 Å². The van der Waals surface area contributed by atoms with Gasteiger partial charge in [-0.1, -0.05) is 13.0 Å². The molecule has 1 atom stereocenters. The molecule has 1 aliphatic carbocycles. The summed E-state index contributed by atoms with van der Waals surface area (Å²) in [5.74, 6) is 0.988. The van der Waals surface area contributed by atoms with Crippen molar-refractivity contribution in [3.05, 3.63) is 54.0 Å². The minimum atomic E-state index is -0.490. The lowest BCUT2D eigenvalue weighted by molar-refractivity contribution is -0.00201. The summed E-state index contributed by atoms with van der Waals surface area (Å²) in [6.45, 7) is 3.45. The lowest BCUT2D eigenvalue weighted by Crippen LogP contribution is -2.27. The largest absolute Gasteiger partial charge is 0.489 e. The number of H-pyrrole nitrogens is 1. The molecular weight excluding hydrogens is 406 g/mol. The number of nitrogens with zero attached hydrogens (tertiary/aromatic N) is 5. The molecule has 32 heavy (non-hydrogen) atoms. The molecule has 3 N–H and O–H groups in total. The van der Waals surface area contributed by atoms with E-state index in [-0.39, 0.29) is 6.10 Å². The Labute approximate surface area is 185 Å². The number of nitriles is 1. The molecule has 9 nitrogen and oxygen atoms in total. The Morgan fingerprint density at radius 1 is 1.28 bits per heavy atom. The Bertz CT molecular complexity index is 1270. The number of ether oxygens (including phenoxy) is 2. The van der Waals surface area contributed by atoms with Crippen LogP contribution in [-0.2, 0) is 14.9 Å². The van der Waals surface area contributed by atoms with Crippen molar-refractivity contribution < 1.29 is 9.47 Å². The normalized spacial score (nSPS) is 21.6. The third-order valence-electron chi connectivity index (χ3n) is 5.92. The van der Waals surface area contributed by atoms with Crippen LogP contribution >= 0.6 is 0 Å². The first-order valence-electron chi connectivity index (χ1n) is 10.6. The van der Waals surface area contributed by atoms with Gasteiger partial charge in [-0.25, -0.2) is 15.0 Å². The number of aromatic amines is 1. The monoisotopic (exact) mass is 429 g/mol. The molecule has 0 saturated carbocycles. The number of aromatic nitrogens is 5. The van der Waals surface area contributed by atoms with E-state index in [1.54, 1.807) is 6.20 Å². The van der Waals surface area contributed by atoms with E-state index in [9.17, 15) is 5.26 Å². The Kier molecular flexibility index (Phi) is 5.07. The lowest BCUT2D eigenvalue weighted by atomic mass is 9.77. The molecule has 2 aliphatic rings. The summed E-state index contributed by atoms with van der Waals surface area (Å²) in [6, 6.07) is 4.26. The summed E-state index contributed by atoms with van der Waals surface area (Å²) in [7, 11) is 0. The minimum absolute atomic E-state index is 0.0773. The van der Waals surface area contributed by atoms with E-state index in [4.69, 9.17) is 15.2 Å². The highest BCUT2D eigenvalue weighted by molar-refractivity contribution is 5.85. The average Bonchev–Trinajstić information content (AvgIpc) is 3.25. The van der Waals surface area contributed by atoms with E-state index in [0.717, 1.165) is 29.6 Å². The Hall–Kier alpha value is -3.77. The predicted octanol–water partition coefficient (Wildman–Crippen LogP) is 3.19. The number of nitrogens with one attached hydrogen (secondary N) is 1. The number of anilines is 1. The van der Waals surface area contributed by atoms with Crippen molar-refractivity contribution in [3.8, 4) is 17.5 Å². The number of hydrogen-bond acceptors (Lipinski definition) is 8. The van der Waals surface area contributed by atoms with E-state index in [1.165, 1.54) is 12.5 Å². The molecular formula is C23H23N7O2. The zero-order chi connectivity index (χ0) is 22.1. The van der Waals surface area contributed by atoms with Crippen molar-refractivity contribution in [2.45, 2.75) is 37.7 Å². The lowest BCUT2D eigenvalue weighted by Gasteiger charge is -2.31. The zero-order valence-electron chi connectivity index (χ0n) is 17.7. The first-order valence-corrected chi connectivity index (χ1v) is 10.6. The second-order valence-electron chi connectivity index (χ2n) is 8.29. The number of allylic oxidation sites excluding steroid dienone is 3. The van der Waals surface area contributed by atoms with Crippen molar-refractivity contribution in [2.24, 2.45) is 0 Å². The Morgan fingerprint density at radius 3 is 2.91 bits per heavy atom. The molecule has 3 aromatic heterocycles. The number of nitrogen functional groups attached to an aromatic ring is 1. The maximum absolute atomic E-state index is 9.83. The molecule has 162 valence electrons. The van der Waals surface area contributed by atoms with Crippen LogP contribution in [0.15, 0.2) is 48.3 Å². The third kappa shape index (κ3) is 3.69. The topological polar surface area (TPSA) is 136 Å². The summed E-state index contributed by atoms with van der Waals surface area (Å²) in [4.78, 5) is 20.7. The number of rotatable bonds is 4. The van der Waals surface area contributed by atoms with Crippen molar-refractivity contribution >= 4 is 16.9 Å². The molecule has 1 unspecified atom stereocenters. The van der Waals surface area contributed by atoms with Crippen LogP contribution in [0.5, 0.6) is 0 Å². The Morgan fingerprint density at radius 2 is 2.12 bits per heavy atom. The number of nitrogens with two attached hydrogens (primary N) is 1. The van der Waals surface area contributed by atoms with Gasteiger partial charge in [-0.2, -0.15) is 5.26 Å². The molecule has 0 radical (unpaired) electrons. The van der Waals surface area contributed by atoms with Gasteiger partial charge in [-0.15, -0.1) is 0 Å². The van der Waals surface area contributed by atoms with Gasteiger partial charge in [0, 0.05) is 23.6 Å². The molecule has 0 spiro atoms. The quantitative estimate of drug-likeness (QED) is 0.645. The van der Waals surface area contributed by atoms with Crippen LogP contribution in [0.3, 0.4) is 0 Å². The molecule has 3 aromatic rings. The average molecular weight is 429 g/mol. The highest BCUT2D eigenvalue weighted by Gasteiger charge is 2.33. The van der Waals surface area contributed by atoms with Crippen molar-refractivity contribution in [2.75, 3.05) is 18.9 Å². The fourth-order valence-electron chi connectivity index (χ4n) is 4.24. The molecule has 9 heteroatoms. The maximum atomic E-state index is 9.83. The maximum Gasteiger partial charge on any atom is 0.142 e. The van der Waals surface area contributed by atoms with Gasteiger partial charge in [0.1, 0.15) is 41.4 Å². The molecule has 0 aromatic carbocycles. The van der Waals surface area contributed by atoms with E-state index >= 15 is 0 Å². The van der Waals surface area contributed by atoms with Crippen LogP contribution in [0.1, 0.15) is 31.9 Å². The first kappa shape index (κ1) is 20.2. The molecule has 0 bridgehead atoms. The summed E-state index contributed by atoms with van der Waals surface area (Å²) >= 11 is 0. The van der Waals surface area contributed by atoms with Crippen LogP contribution in [0.25, 0.3) is 22.4 Å². The molecule has 5 rings (SSSR count). The van der Waals surface area contributed by atoms with Crippen LogP contribution in [0.4, 0.5) is 5.82 Å². The summed E-state index contributed by atoms with van der Waals surface area (Å²) in [6.07, 6.45) is 11.0. The smallest absolute Gasteiger partial charge is 0.142 e. The van der Waals surface area contributed by atoms with Gasteiger partial charge in [-0.05, 0) is 18.6 Å². The second kappa shape index (κ2) is 8.05. The second-order valence-corrected chi connectivity index (χ2v) is 8.29. The molecule has 4 heterocycles. The van der Waals surface area contributed by atoms with Crippen LogP contribution in [0, 0.1) is 11.3 Å². The fraction of sp³-hybridized carbons (Fsp3) is 0.348. The molecule has 1 aliphatic heterocycles.